The number of carbonyl (C=O) groups is 2. The van der Waals surface area contributed by atoms with E-state index in [2.05, 4.69) is 29.5 Å². The Kier molecular flexibility index (Phi) is 8.73. The molecule has 0 fully saturated rings. The van der Waals surface area contributed by atoms with Crippen molar-refractivity contribution in [1.29, 1.82) is 0 Å². The monoisotopic (exact) mass is 513 g/mol. The zero-order chi connectivity index (χ0) is 27.1. The van der Waals surface area contributed by atoms with Crippen LogP contribution >= 0.6 is 0 Å². The van der Waals surface area contributed by atoms with Gasteiger partial charge in [-0.25, -0.2) is 4.68 Å². The van der Waals surface area contributed by atoms with Crippen LogP contribution in [-0.4, -0.2) is 45.4 Å². The summed E-state index contributed by atoms with van der Waals surface area (Å²) in [7, 11) is 1.61. The Morgan fingerprint density at radius 3 is 2.39 bits per heavy atom. The molecule has 8 nitrogen and oxygen atoms in total. The fourth-order valence-electron chi connectivity index (χ4n) is 4.31. The molecule has 4 aromatic rings. The molecule has 2 amide bonds. The Morgan fingerprint density at radius 1 is 1.00 bits per heavy atom. The Morgan fingerprint density at radius 2 is 1.71 bits per heavy atom. The van der Waals surface area contributed by atoms with Gasteiger partial charge in [-0.3, -0.25) is 9.59 Å². The number of fused-ring (bicyclic) bond motifs is 1. The summed E-state index contributed by atoms with van der Waals surface area (Å²) in [6.07, 6.45) is 0.851. The number of benzene rings is 3. The van der Waals surface area contributed by atoms with Crippen molar-refractivity contribution < 1.29 is 14.3 Å². The lowest BCUT2D eigenvalue weighted by molar-refractivity contribution is -0.142. The maximum Gasteiger partial charge on any atom is 0.247 e. The number of amides is 2. The van der Waals surface area contributed by atoms with Crippen LogP contribution < -0.4 is 10.1 Å². The summed E-state index contributed by atoms with van der Waals surface area (Å²) < 4.78 is 6.88. The second-order valence-electron chi connectivity index (χ2n) is 9.89. The van der Waals surface area contributed by atoms with Crippen LogP contribution in [0.5, 0.6) is 5.75 Å². The average Bonchev–Trinajstić information content (AvgIpc) is 3.32. The molecule has 38 heavy (non-hydrogen) atoms. The normalized spacial score (nSPS) is 11.9. The molecule has 4 rings (SSSR count). The molecule has 0 saturated heterocycles. The minimum atomic E-state index is -0.813. The van der Waals surface area contributed by atoms with Crippen molar-refractivity contribution in [2.24, 2.45) is 5.92 Å². The number of methoxy groups -OCH3 is 1. The standard InChI is InChI=1S/C30H35N5O3/c1-21(2)17-18-31-30(37)29(24-13-9-22(3)10-14-24)34(19-23-11-15-25(38-4)16-12-23)28(36)20-35-27-8-6-5-7-26(27)32-33-35/h5-16,21,29H,17-20H2,1-4H3,(H,31,37)/t29-/m0/s1. The van der Waals surface area contributed by atoms with Crippen LogP contribution in [0.3, 0.4) is 0 Å². The molecule has 0 spiro atoms. The van der Waals surface area contributed by atoms with Crippen molar-refractivity contribution in [2.75, 3.05) is 13.7 Å². The first kappa shape index (κ1) is 26.9. The van der Waals surface area contributed by atoms with Gasteiger partial charge in [0.05, 0.1) is 12.6 Å². The summed E-state index contributed by atoms with van der Waals surface area (Å²) >= 11 is 0. The van der Waals surface area contributed by atoms with Crippen LogP contribution in [0.1, 0.15) is 43.0 Å². The van der Waals surface area contributed by atoms with Crippen molar-refractivity contribution in [2.45, 2.75) is 46.3 Å². The summed E-state index contributed by atoms with van der Waals surface area (Å²) in [5.74, 6) is 0.730. The van der Waals surface area contributed by atoms with Gasteiger partial charge in [0, 0.05) is 13.1 Å². The second kappa shape index (κ2) is 12.4. The van der Waals surface area contributed by atoms with Crippen LogP contribution in [-0.2, 0) is 22.7 Å². The van der Waals surface area contributed by atoms with E-state index in [-0.39, 0.29) is 24.9 Å². The highest BCUT2D eigenvalue weighted by molar-refractivity contribution is 5.89. The number of para-hydroxylation sites is 1. The van der Waals surface area contributed by atoms with Gasteiger partial charge in [-0.2, -0.15) is 0 Å². The van der Waals surface area contributed by atoms with E-state index in [1.807, 2.05) is 79.7 Å². The molecular formula is C30H35N5O3. The molecule has 0 bridgehead atoms. The molecule has 0 aliphatic rings. The number of nitrogens with one attached hydrogen (secondary N) is 1. The Bertz CT molecular complexity index is 1360. The maximum absolute atomic E-state index is 14.0. The molecule has 8 heteroatoms. The lowest BCUT2D eigenvalue weighted by Crippen LogP contribution is -2.45. The molecule has 3 aromatic carbocycles. The molecule has 0 unspecified atom stereocenters. The van der Waals surface area contributed by atoms with Crippen molar-refractivity contribution in [1.82, 2.24) is 25.2 Å². The van der Waals surface area contributed by atoms with Gasteiger partial charge in [0.2, 0.25) is 11.8 Å². The molecule has 198 valence electrons. The zero-order valence-electron chi connectivity index (χ0n) is 22.4. The first-order valence-electron chi connectivity index (χ1n) is 12.9. The van der Waals surface area contributed by atoms with Gasteiger partial charge in [0.15, 0.2) is 0 Å². The van der Waals surface area contributed by atoms with Crippen LogP contribution in [0.15, 0.2) is 72.8 Å². The number of rotatable bonds is 11. The fourth-order valence-corrected chi connectivity index (χ4v) is 4.31. The predicted octanol–water partition coefficient (Wildman–Crippen LogP) is 4.68. The topological polar surface area (TPSA) is 89.3 Å². The van der Waals surface area contributed by atoms with Gasteiger partial charge in [0.25, 0.3) is 0 Å². The van der Waals surface area contributed by atoms with E-state index in [0.29, 0.717) is 18.0 Å². The van der Waals surface area contributed by atoms with Crippen molar-refractivity contribution in [3.8, 4) is 5.75 Å². The van der Waals surface area contributed by atoms with E-state index in [0.717, 1.165) is 34.4 Å². The molecule has 1 aromatic heterocycles. The number of carbonyl (C=O) groups excluding carboxylic acids is 2. The van der Waals surface area contributed by atoms with Crippen LogP contribution in [0, 0.1) is 12.8 Å². The van der Waals surface area contributed by atoms with Crippen LogP contribution in [0.25, 0.3) is 11.0 Å². The third kappa shape index (κ3) is 6.56. The summed E-state index contributed by atoms with van der Waals surface area (Å²) in [6, 6.07) is 22.0. The van der Waals surface area contributed by atoms with E-state index < -0.39 is 6.04 Å². The van der Waals surface area contributed by atoms with Gasteiger partial charge in [-0.15, -0.1) is 5.10 Å². The number of ether oxygens (including phenoxy) is 1. The number of nitrogens with zero attached hydrogens (tertiary/aromatic N) is 4. The largest absolute Gasteiger partial charge is 0.497 e. The minimum absolute atomic E-state index is 0.0433. The van der Waals surface area contributed by atoms with Gasteiger partial charge in [-0.1, -0.05) is 73.2 Å². The highest BCUT2D eigenvalue weighted by atomic mass is 16.5. The highest BCUT2D eigenvalue weighted by Gasteiger charge is 2.32. The number of aromatic nitrogens is 3. The van der Waals surface area contributed by atoms with Crippen molar-refractivity contribution in [3.05, 3.63) is 89.5 Å². The Labute approximate surface area is 223 Å². The van der Waals surface area contributed by atoms with E-state index in [1.165, 1.54) is 0 Å². The minimum Gasteiger partial charge on any atom is -0.497 e. The molecule has 0 saturated carbocycles. The lowest BCUT2D eigenvalue weighted by atomic mass is 10.0. The SMILES string of the molecule is COc1ccc(CN(C(=O)Cn2nnc3ccccc32)[C@H](C(=O)NCCC(C)C)c2ccc(C)cc2)cc1. The first-order chi connectivity index (χ1) is 18.4. The van der Waals surface area contributed by atoms with Crippen LogP contribution in [0.4, 0.5) is 0 Å². The van der Waals surface area contributed by atoms with E-state index in [1.54, 1.807) is 16.7 Å². The summed E-state index contributed by atoms with van der Waals surface area (Å²) in [6.45, 7) is 6.97. The Hall–Kier alpha value is -4.20. The first-order valence-corrected chi connectivity index (χ1v) is 12.9. The van der Waals surface area contributed by atoms with Crippen LogP contribution in [0.2, 0.25) is 0 Å². The third-order valence-electron chi connectivity index (χ3n) is 6.51. The Balaban J connectivity index is 1.71. The number of hydrogen-bond acceptors (Lipinski definition) is 5. The quantitative estimate of drug-likeness (QED) is 0.315. The van der Waals surface area contributed by atoms with E-state index in [4.69, 9.17) is 4.74 Å². The molecular weight excluding hydrogens is 478 g/mol. The van der Waals surface area contributed by atoms with Gasteiger partial charge in [-0.05, 0) is 54.7 Å². The zero-order valence-corrected chi connectivity index (χ0v) is 22.4. The van der Waals surface area contributed by atoms with Gasteiger partial charge in [0.1, 0.15) is 23.9 Å². The molecule has 1 heterocycles. The molecule has 1 N–H and O–H groups in total. The van der Waals surface area contributed by atoms with E-state index in [9.17, 15) is 9.59 Å². The average molecular weight is 514 g/mol. The predicted molar refractivity (Wildman–Crippen MR) is 147 cm³/mol. The molecule has 0 radical (unpaired) electrons. The van der Waals surface area contributed by atoms with Crippen molar-refractivity contribution >= 4 is 22.8 Å². The van der Waals surface area contributed by atoms with Gasteiger partial charge < -0.3 is 15.0 Å². The fraction of sp³-hybridized carbons (Fsp3) is 0.333. The second-order valence-corrected chi connectivity index (χ2v) is 9.89. The molecule has 0 aliphatic carbocycles. The van der Waals surface area contributed by atoms with Crippen molar-refractivity contribution in [3.63, 3.8) is 0 Å². The smallest absolute Gasteiger partial charge is 0.247 e. The summed E-state index contributed by atoms with van der Waals surface area (Å²) in [5, 5.41) is 11.5. The maximum atomic E-state index is 14.0. The third-order valence-corrected chi connectivity index (χ3v) is 6.51. The summed E-state index contributed by atoms with van der Waals surface area (Å²) in [4.78, 5) is 29.3. The number of hydrogen-bond donors (Lipinski definition) is 1. The lowest BCUT2D eigenvalue weighted by Gasteiger charge is -2.32. The molecule has 0 aliphatic heterocycles. The van der Waals surface area contributed by atoms with Gasteiger partial charge >= 0.3 is 0 Å². The number of aryl methyl sites for hydroxylation is 1. The molecule has 1 atom stereocenters. The highest BCUT2D eigenvalue weighted by Crippen LogP contribution is 2.26. The summed E-state index contributed by atoms with van der Waals surface area (Å²) in [5.41, 5.74) is 4.19. The van der Waals surface area contributed by atoms with E-state index >= 15 is 0 Å².